The first-order chi connectivity index (χ1) is 6.08. The molecule has 0 aliphatic heterocycles. The molecule has 1 aliphatic rings. The van der Waals surface area contributed by atoms with Crippen LogP contribution in [0.4, 0.5) is 4.39 Å². The smallest absolute Gasteiger partial charge is 0.167 e. The summed E-state index contributed by atoms with van der Waals surface area (Å²) in [5.41, 5.74) is 0. The van der Waals surface area contributed by atoms with E-state index >= 15 is 0 Å². The lowest BCUT2D eigenvalue weighted by atomic mass is 9.89. The van der Waals surface area contributed by atoms with Crippen LogP contribution < -0.4 is 0 Å². The van der Waals surface area contributed by atoms with Crippen molar-refractivity contribution in [3.05, 3.63) is 0 Å². The molecule has 0 aromatic heterocycles. The van der Waals surface area contributed by atoms with E-state index in [2.05, 4.69) is 0 Å². The molecule has 0 amide bonds. The topological polar surface area (TPSA) is 34.1 Å². The van der Waals surface area contributed by atoms with Gasteiger partial charge in [-0.25, -0.2) is 12.8 Å². The van der Waals surface area contributed by atoms with Crippen molar-refractivity contribution < 1.29 is 12.8 Å². The van der Waals surface area contributed by atoms with E-state index in [-0.39, 0.29) is 3.76 Å². The number of halogens is 2. The maximum Gasteiger partial charge on any atom is 0.167 e. The first kappa shape index (κ1) is 11.7. The molecule has 0 aromatic rings. The molecule has 0 heterocycles. The Balaban J connectivity index is 2.91. The van der Waals surface area contributed by atoms with E-state index in [1.165, 1.54) is 0 Å². The minimum Gasteiger partial charge on any atom is -0.249 e. The Morgan fingerprint density at radius 2 is 1.77 bits per heavy atom. The molecular formula is C8H14FIO2S. The lowest BCUT2D eigenvalue weighted by Crippen LogP contribution is -2.43. The third-order valence-electron chi connectivity index (χ3n) is 2.81. The minimum absolute atomic E-state index is 0.0364. The molecule has 0 spiro atoms. The van der Waals surface area contributed by atoms with Crippen molar-refractivity contribution in [2.45, 2.75) is 36.9 Å². The van der Waals surface area contributed by atoms with Gasteiger partial charge in [-0.05, 0) is 12.8 Å². The van der Waals surface area contributed by atoms with Gasteiger partial charge >= 0.3 is 0 Å². The fourth-order valence-electron chi connectivity index (χ4n) is 1.84. The lowest BCUT2D eigenvalue weighted by molar-refractivity contribution is 0.299. The third-order valence-corrected chi connectivity index (χ3v) is 7.40. The molecule has 13 heavy (non-hydrogen) atoms. The Bertz CT molecular complexity index is 257. The van der Waals surface area contributed by atoms with Crippen LogP contribution in [0, 0.1) is 0 Å². The quantitative estimate of drug-likeness (QED) is 0.591. The van der Waals surface area contributed by atoms with Gasteiger partial charge in [-0.15, -0.1) is 0 Å². The monoisotopic (exact) mass is 320 g/mol. The second-order valence-electron chi connectivity index (χ2n) is 3.60. The van der Waals surface area contributed by atoms with Crippen molar-refractivity contribution >= 4 is 32.4 Å². The van der Waals surface area contributed by atoms with Gasteiger partial charge in [0.1, 0.15) is 15.2 Å². The zero-order valence-electron chi connectivity index (χ0n) is 7.43. The Morgan fingerprint density at radius 1 is 1.23 bits per heavy atom. The summed E-state index contributed by atoms with van der Waals surface area (Å²) in [5, 5.41) is 0. The average Bonchev–Trinajstić information content (AvgIpc) is 2.18. The fourth-order valence-corrected chi connectivity index (χ4v) is 5.13. The zero-order valence-corrected chi connectivity index (χ0v) is 10.4. The van der Waals surface area contributed by atoms with Crippen LogP contribution in [0.1, 0.15) is 32.1 Å². The van der Waals surface area contributed by atoms with E-state index in [1.54, 1.807) is 0 Å². The van der Waals surface area contributed by atoms with E-state index < -0.39 is 21.3 Å². The van der Waals surface area contributed by atoms with Gasteiger partial charge in [0.2, 0.25) is 0 Å². The van der Waals surface area contributed by atoms with Crippen molar-refractivity contribution in [2.24, 2.45) is 0 Å². The van der Waals surface area contributed by atoms with Crippen LogP contribution in [0.2, 0.25) is 0 Å². The molecule has 1 saturated carbocycles. The molecule has 78 valence electrons. The Labute approximate surface area is 92.3 Å². The summed E-state index contributed by atoms with van der Waals surface area (Å²) in [4.78, 5) is 0. The highest BCUT2D eigenvalue weighted by Gasteiger charge is 2.43. The predicted octanol–water partition coefficient (Wildman–Crippen LogP) is 2.47. The SMILES string of the molecule is O=S(=O)(CI)C1(CF)CCCCC1. The van der Waals surface area contributed by atoms with Crippen molar-refractivity contribution in [1.82, 2.24) is 0 Å². The summed E-state index contributed by atoms with van der Waals surface area (Å²) < 4.78 is 35.2. The molecule has 0 atom stereocenters. The minimum atomic E-state index is -3.22. The summed E-state index contributed by atoms with van der Waals surface area (Å²) in [5.74, 6) is 0. The highest BCUT2D eigenvalue weighted by molar-refractivity contribution is 14.1. The number of hydrogen-bond acceptors (Lipinski definition) is 2. The molecule has 1 rings (SSSR count). The summed E-state index contributed by atoms with van der Waals surface area (Å²) in [6, 6.07) is 0. The highest BCUT2D eigenvalue weighted by atomic mass is 127. The van der Waals surface area contributed by atoms with E-state index in [0.717, 1.165) is 19.3 Å². The summed E-state index contributed by atoms with van der Waals surface area (Å²) >= 11 is 1.81. The van der Waals surface area contributed by atoms with Crippen LogP contribution in [-0.4, -0.2) is 23.6 Å². The Hall–Kier alpha value is 0.610. The molecule has 0 N–H and O–H groups in total. The molecular weight excluding hydrogens is 306 g/mol. The van der Waals surface area contributed by atoms with Gasteiger partial charge in [0, 0.05) is 0 Å². The molecule has 0 saturated heterocycles. The van der Waals surface area contributed by atoms with Crippen molar-refractivity contribution in [1.29, 1.82) is 0 Å². The second kappa shape index (κ2) is 4.42. The van der Waals surface area contributed by atoms with Gasteiger partial charge < -0.3 is 0 Å². The van der Waals surface area contributed by atoms with E-state index in [1.807, 2.05) is 22.6 Å². The van der Waals surface area contributed by atoms with Crippen molar-refractivity contribution in [2.75, 3.05) is 10.4 Å². The van der Waals surface area contributed by atoms with Crippen LogP contribution >= 0.6 is 22.6 Å². The van der Waals surface area contributed by atoms with Gasteiger partial charge in [0.15, 0.2) is 9.84 Å². The zero-order chi connectivity index (χ0) is 9.95. The number of hydrogen-bond donors (Lipinski definition) is 0. The molecule has 1 fully saturated rings. The maximum atomic E-state index is 12.8. The Morgan fingerprint density at radius 3 is 2.15 bits per heavy atom. The highest BCUT2D eigenvalue weighted by Crippen LogP contribution is 2.36. The van der Waals surface area contributed by atoms with Crippen LogP contribution in [0.25, 0.3) is 0 Å². The number of alkyl halides is 2. The maximum absolute atomic E-state index is 12.8. The van der Waals surface area contributed by atoms with Gasteiger partial charge in [-0.3, -0.25) is 0 Å². The predicted molar refractivity (Wildman–Crippen MR) is 59.6 cm³/mol. The number of sulfone groups is 1. The molecule has 0 unspecified atom stereocenters. The molecule has 0 radical (unpaired) electrons. The molecule has 2 nitrogen and oxygen atoms in total. The normalized spacial score (nSPS) is 22.9. The van der Waals surface area contributed by atoms with Gasteiger partial charge in [0.05, 0.1) is 0 Å². The van der Waals surface area contributed by atoms with Crippen molar-refractivity contribution in [3.8, 4) is 0 Å². The second-order valence-corrected chi connectivity index (χ2v) is 7.78. The average molecular weight is 320 g/mol. The standard InChI is InChI=1S/C8H14FIO2S/c9-6-8(13(11,12)7-10)4-2-1-3-5-8/h1-7H2. The summed E-state index contributed by atoms with van der Waals surface area (Å²) in [6.45, 7) is -0.710. The third kappa shape index (κ3) is 2.16. The van der Waals surface area contributed by atoms with Crippen LogP contribution in [0.15, 0.2) is 0 Å². The largest absolute Gasteiger partial charge is 0.249 e. The van der Waals surface area contributed by atoms with E-state index in [4.69, 9.17) is 0 Å². The lowest BCUT2D eigenvalue weighted by Gasteiger charge is -2.33. The molecule has 0 aromatic carbocycles. The summed E-state index contributed by atoms with van der Waals surface area (Å²) in [7, 11) is -3.22. The molecule has 1 aliphatic carbocycles. The summed E-state index contributed by atoms with van der Waals surface area (Å²) in [6.07, 6.45) is 3.75. The van der Waals surface area contributed by atoms with Gasteiger partial charge in [0.25, 0.3) is 0 Å². The van der Waals surface area contributed by atoms with E-state index in [0.29, 0.717) is 12.8 Å². The first-order valence-corrected chi connectivity index (χ1v) is 7.60. The molecule has 5 heteroatoms. The van der Waals surface area contributed by atoms with Crippen molar-refractivity contribution in [3.63, 3.8) is 0 Å². The Kier molecular flexibility index (Phi) is 3.97. The first-order valence-electron chi connectivity index (χ1n) is 4.42. The van der Waals surface area contributed by atoms with Crippen LogP contribution in [-0.2, 0) is 9.84 Å². The van der Waals surface area contributed by atoms with Gasteiger partial charge in [-0.2, -0.15) is 0 Å². The van der Waals surface area contributed by atoms with Crippen LogP contribution in [0.5, 0.6) is 0 Å². The molecule has 0 bridgehead atoms. The van der Waals surface area contributed by atoms with E-state index in [9.17, 15) is 12.8 Å². The van der Waals surface area contributed by atoms with Crippen LogP contribution in [0.3, 0.4) is 0 Å². The number of rotatable bonds is 3. The fraction of sp³-hybridized carbons (Fsp3) is 1.00. The van der Waals surface area contributed by atoms with Gasteiger partial charge in [-0.1, -0.05) is 41.9 Å².